The summed E-state index contributed by atoms with van der Waals surface area (Å²) in [5, 5.41) is 7.97. The fourth-order valence-electron chi connectivity index (χ4n) is 2.16. The van der Waals surface area contributed by atoms with E-state index in [1.165, 1.54) is 0 Å². The number of hydrogen-bond donors (Lipinski definition) is 1. The summed E-state index contributed by atoms with van der Waals surface area (Å²) in [6, 6.07) is 2.42. The average Bonchev–Trinajstić information content (AvgIpc) is 2.38. The van der Waals surface area contributed by atoms with Crippen molar-refractivity contribution >= 4 is 5.84 Å². The highest BCUT2D eigenvalue weighted by molar-refractivity contribution is 5.98. The van der Waals surface area contributed by atoms with E-state index >= 15 is 0 Å². The van der Waals surface area contributed by atoms with Gasteiger partial charge in [-0.05, 0) is 25.2 Å². The number of likely N-dealkylation sites (N-methyl/N-ethyl adjacent to an activating group) is 1. The first-order valence-corrected chi connectivity index (χ1v) is 6.18. The van der Waals surface area contributed by atoms with Crippen LogP contribution in [-0.2, 0) is 6.18 Å². The molecule has 1 fully saturated rings. The van der Waals surface area contributed by atoms with E-state index in [4.69, 9.17) is 5.41 Å². The summed E-state index contributed by atoms with van der Waals surface area (Å²) in [6.45, 7) is 2.35. The zero-order valence-electron chi connectivity index (χ0n) is 11.0. The van der Waals surface area contributed by atoms with Gasteiger partial charge in [0.2, 0.25) is 0 Å². The average molecular weight is 289 g/mol. The topological polar surface area (TPSA) is 30.3 Å². The largest absolute Gasteiger partial charge is 0.417 e. The second-order valence-electron chi connectivity index (χ2n) is 4.83. The molecule has 1 saturated heterocycles. The molecule has 1 aromatic rings. The van der Waals surface area contributed by atoms with Crippen molar-refractivity contribution in [3.63, 3.8) is 0 Å². The van der Waals surface area contributed by atoms with Crippen molar-refractivity contribution in [2.24, 2.45) is 0 Å². The Kier molecular flexibility index (Phi) is 3.99. The van der Waals surface area contributed by atoms with Crippen LogP contribution >= 0.6 is 0 Å². The number of alkyl halides is 3. The summed E-state index contributed by atoms with van der Waals surface area (Å²) in [7, 11) is 1.92. The Morgan fingerprint density at radius 1 is 1.15 bits per heavy atom. The first-order valence-electron chi connectivity index (χ1n) is 6.18. The number of amidine groups is 1. The maximum Gasteiger partial charge on any atom is 0.417 e. The smallest absolute Gasteiger partial charge is 0.354 e. The first-order chi connectivity index (χ1) is 9.29. The number of rotatable bonds is 1. The van der Waals surface area contributed by atoms with Crippen molar-refractivity contribution in [1.29, 1.82) is 5.41 Å². The lowest BCUT2D eigenvalue weighted by Crippen LogP contribution is -2.47. The van der Waals surface area contributed by atoms with Crippen LogP contribution in [0.1, 0.15) is 11.1 Å². The molecule has 1 N–H and O–H groups in total. The molecule has 110 valence electrons. The monoisotopic (exact) mass is 289 g/mol. The van der Waals surface area contributed by atoms with Crippen LogP contribution in [0.2, 0.25) is 0 Å². The van der Waals surface area contributed by atoms with Crippen molar-refractivity contribution in [2.45, 2.75) is 6.18 Å². The molecule has 3 nitrogen and oxygen atoms in total. The van der Waals surface area contributed by atoms with Gasteiger partial charge in [-0.2, -0.15) is 13.2 Å². The Morgan fingerprint density at radius 2 is 1.75 bits per heavy atom. The molecule has 7 heteroatoms. The van der Waals surface area contributed by atoms with Crippen LogP contribution in [0.25, 0.3) is 0 Å². The van der Waals surface area contributed by atoms with Gasteiger partial charge in [-0.3, -0.25) is 5.41 Å². The summed E-state index contributed by atoms with van der Waals surface area (Å²) in [4.78, 5) is 3.63. The number of halogens is 4. The molecule has 0 radical (unpaired) electrons. The molecule has 0 atom stereocenters. The Balaban J connectivity index is 2.30. The van der Waals surface area contributed by atoms with Gasteiger partial charge in [0.1, 0.15) is 11.7 Å². The highest BCUT2D eigenvalue weighted by Crippen LogP contribution is 2.33. The Labute approximate surface area is 114 Å². The van der Waals surface area contributed by atoms with E-state index in [1.807, 2.05) is 11.9 Å². The van der Waals surface area contributed by atoms with Crippen LogP contribution in [0.4, 0.5) is 17.6 Å². The molecule has 0 saturated carbocycles. The molecule has 1 aliphatic heterocycles. The lowest BCUT2D eigenvalue weighted by atomic mass is 10.0. The third kappa shape index (κ3) is 3.09. The minimum Gasteiger partial charge on any atom is -0.354 e. The Bertz CT molecular complexity index is 505. The van der Waals surface area contributed by atoms with Crippen LogP contribution in [0.5, 0.6) is 0 Å². The summed E-state index contributed by atoms with van der Waals surface area (Å²) in [6.07, 6.45) is -4.67. The molecule has 0 spiro atoms. The predicted molar refractivity (Wildman–Crippen MR) is 67.3 cm³/mol. The molecule has 1 aromatic carbocycles. The highest BCUT2D eigenvalue weighted by Gasteiger charge is 2.35. The normalized spacial score (nSPS) is 17.4. The quantitative estimate of drug-likeness (QED) is 0.489. The molecular formula is C13H15F4N3. The lowest BCUT2D eigenvalue weighted by molar-refractivity contribution is -0.138. The Morgan fingerprint density at radius 3 is 2.30 bits per heavy atom. The van der Waals surface area contributed by atoms with Gasteiger partial charge in [-0.15, -0.1) is 0 Å². The molecule has 0 aliphatic carbocycles. The Hall–Kier alpha value is -1.63. The van der Waals surface area contributed by atoms with E-state index < -0.39 is 17.6 Å². The van der Waals surface area contributed by atoms with Crippen LogP contribution in [0, 0.1) is 11.2 Å². The van der Waals surface area contributed by atoms with E-state index in [-0.39, 0.29) is 11.4 Å². The van der Waals surface area contributed by atoms with Gasteiger partial charge in [-0.25, -0.2) is 4.39 Å². The maximum atomic E-state index is 13.0. The second-order valence-corrected chi connectivity index (χ2v) is 4.83. The summed E-state index contributed by atoms with van der Waals surface area (Å²) >= 11 is 0. The molecule has 0 bridgehead atoms. The van der Waals surface area contributed by atoms with Gasteiger partial charge in [0, 0.05) is 31.7 Å². The fourth-order valence-corrected chi connectivity index (χ4v) is 2.16. The molecule has 0 aromatic heterocycles. The molecular weight excluding hydrogens is 274 g/mol. The standard InChI is InChI=1S/C13H15F4N3/c1-19-4-6-20(7-5-19)12(18)10-3-2-9(14)8-11(10)13(15,16)17/h2-3,8,18H,4-7H2,1H3. The van der Waals surface area contributed by atoms with E-state index in [1.54, 1.807) is 4.90 Å². The number of benzene rings is 1. The molecule has 20 heavy (non-hydrogen) atoms. The van der Waals surface area contributed by atoms with Crippen LogP contribution in [-0.4, -0.2) is 48.9 Å². The van der Waals surface area contributed by atoms with E-state index in [2.05, 4.69) is 0 Å². The highest BCUT2D eigenvalue weighted by atomic mass is 19.4. The zero-order chi connectivity index (χ0) is 14.9. The summed E-state index contributed by atoms with van der Waals surface area (Å²) in [5.41, 5.74) is -1.37. The van der Waals surface area contributed by atoms with Gasteiger partial charge < -0.3 is 9.80 Å². The SMILES string of the molecule is CN1CCN(C(=N)c2ccc(F)cc2C(F)(F)F)CC1. The van der Waals surface area contributed by atoms with Gasteiger partial charge in [0.05, 0.1) is 5.56 Å². The van der Waals surface area contributed by atoms with Gasteiger partial charge in [0.15, 0.2) is 0 Å². The van der Waals surface area contributed by atoms with Crippen molar-refractivity contribution in [1.82, 2.24) is 9.80 Å². The number of hydrogen-bond acceptors (Lipinski definition) is 2. The minimum atomic E-state index is -4.67. The van der Waals surface area contributed by atoms with Crippen molar-refractivity contribution in [3.05, 3.63) is 35.1 Å². The number of piperazine rings is 1. The van der Waals surface area contributed by atoms with Gasteiger partial charge in [-0.1, -0.05) is 0 Å². The molecule has 1 heterocycles. The molecule has 2 rings (SSSR count). The van der Waals surface area contributed by atoms with Crippen LogP contribution < -0.4 is 0 Å². The molecule has 1 aliphatic rings. The van der Waals surface area contributed by atoms with Crippen molar-refractivity contribution < 1.29 is 17.6 Å². The number of nitrogens with zero attached hydrogens (tertiary/aromatic N) is 2. The first kappa shape index (κ1) is 14.8. The van der Waals surface area contributed by atoms with Crippen LogP contribution in [0.15, 0.2) is 18.2 Å². The number of nitrogens with one attached hydrogen (secondary N) is 1. The van der Waals surface area contributed by atoms with E-state index in [0.717, 1.165) is 12.1 Å². The van der Waals surface area contributed by atoms with E-state index in [0.29, 0.717) is 32.2 Å². The minimum absolute atomic E-state index is 0.203. The fraction of sp³-hybridized carbons (Fsp3) is 0.462. The molecule has 0 amide bonds. The maximum absolute atomic E-state index is 13.0. The molecule has 0 unspecified atom stereocenters. The third-order valence-electron chi connectivity index (χ3n) is 3.36. The van der Waals surface area contributed by atoms with Gasteiger partial charge >= 0.3 is 6.18 Å². The van der Waals surface area contributed by atoms with Gasteiger partial charge in [0.25, 0.3) is 0 Å². The predicted octanol–water partition coefficient (Wildman–Crippen LogP) is 2.42. The zero-order valence-corrected chi connectivity index (χ0v) is 11.0. The second kappa shape index (κ2) is 5.40. The third-order valence-corrected chi connectivity index (χ3v) is 3.36. The van der Waals surface area contributed by atoms with Crippen molar-refractivity contribution in [3.8, 4) is 0 Å². The van der Waals surface area contributed by atoms with Crippen LogP contribution in [0.3, 0.4) is 0 Å². The lowest BCUT2D eigenvalue weighted by Gasteiger charge is -2.34. The summed E-state index contributed by atoms with van der Waals surface area (Å²) in [5.74, 6) is -1.15. The van der Waals surface area contributed by atoms with Crippen molar-refractivity contribution in [2.75, 3.05) is 33.2 Å². The van der Waals surface area contributed by atoms with E-state index in [9.17, 15) is 17.6 Å². The summed E-state index contributed by atoms with van der Waals surface area (Å²) < 4.78 is 51.8.